The van der Waals surface area contributed by atoms with Crippen LogP contribution < -0.4 is 5.32 Å². The van der Waals surface area contributed by atoms with Gasteiger partial charge in [-0.2, -0.15) is 4.68 Å². The highest BCUT2D eigenvalue weighted by Gasteiger charge is 2.09. The van der Waals surface area contributed by atoms with Crippen molar-refractivity contribution in [2.75, 3.05) is 12.8 Å². The highest BCUT2D eigenvalue weighted by atomic mass is 32.2. The Balaban J connectivity index is 1.87. The lowest BCUT2D eigenvalue weighted by Crippen LogP contribution is -2.23. The number of benzene rings is 1. The van der Waals surface area contributed by atoms with Crippen molar-refractivity contribution in [2.24, 2.45) is 0 Å². The summed E-state index contributed by atoms with van der Waals surface area (Å²) in [5, 5.41) is 16.1. The third kappa shape index (κ3) is 4.05. The fourth-order valence-corrected chi connectivity index (χ4v) is 2.90. The monoisotopic (exact) mass is 291 g/mol. The van der Waals surface area contributed by atoms with Crippen LogP contribution in [0.2, 0.25) is 0 Å². The lowest BCUT2D eigenvalue weighted by molar-refractivity contribution is 0.504. The summed E-state index contributed by atoms with van der Waals surface area (Å²) in [6.45, 7) is 2.21. The second-order valence-corrected chi connectivity index (χ2v) is 5.66. The number of nitrogens with one attached hydrogen (secondary N) is 1. The van der Waals surface area contributed by atoms with E-state index in [1.165, 1.54) is 12.8 Å². The predicted molar refractivity (Wildman–Crippen MR) is 82.3 cm³/mol. The highest BCUT2D eigenvalue weighted by Crippen LogP contribution is 2.19. The van der Waals surface area contributed by atoms with E-state index in [0.29, 0.717) is 6.04 Å². The molecule has 0 fully saturated rings. The molecule has 0 aliphatic heterocycles. The van der Waals surface area contributed by atoms with E-state index in [1.54, 1.807) is 16.4 Å². The number of thioether (sulfide) groups is 1. The van der Waals surface area contributed by atoms with Crippen LogP contribution in [0.15, 0.2) is 35.5 Å². The van der Waals surface area contributed by atoms with Crippen molar-refractivity contribution in [3.05, 3.63) is 30.3 Å². The first-order chi connectivity index (χ1) is 9.85. The third-order valence-corrected chi connectivity index (χ3v) is 4.28. The van der Waals surface area contributed by atoms with Crippen LogP contribution in [0.1, 0.15) is 26.2 Å². The molecule has 1 aromatic carbocycles. The highest BCUT2D eigenvalue weighted by molar-refractivity contribution is 7.99. The Morgan fingerprint density at radius 3 is 2.80 bits per heavy atom. The molecule has 20 heavy (non-hydrogen) atoms. The average Bonchev–Trinajstić information content (AvgIpc) is 2.97. The zero-order valence-corrected chi connectivity index (χ0v) is 12.8. The van der Waals surface area contributed by atoms with Crippen molar-refractivity contribution < 1.29 is 0 Å². The zero-order chi connectivity index (χ0) is 14.2. The molecule has 0 aliphatic carbocycles. The molecule has 1 atom stereocenters. The molecule has 5 nitrogen and oxygen atoms in total. The second-order valence-electron chi connectivity index (χ2n) is 4.59. The number of hydrogen-bond donors (Lipinski definition) is 1. The molecule has 1 unspecified atom stereocenters. The Morgan fingerprint density at radius 1 is 1.30 bits per heavy atom. The molecule has 0 saturated carbocycles. The molecular weight excluding hydrogens is 270 g/mol. The van der Waals surface area contributed by atoms with E-state index < -0.39 is 0 Å². The SMILES string of the molecule is CCC(CCCSc1nnnn1-c1ccccc1)NC. The van der Waals surface area contributed by atoms with E-state index in [4.69, 9.17) is 0 Å². The van der Waals surface area contributed by atoms with E-state index in [1.807, 2.05) is 37.4 Å². The van der Waals surface area contributed by atoms with Gasteiger partial charge in [-0.25, -0.2) is 0 Å². The molecule has 0 saturated heterocycles. The number of nitrogens with zero attached hydrogens (tertiary/aromatic N) is 4. The number of hydrogen-bond acceptors (Lipinski definition) is 5. The quantitative estimate of drug-likeness (QED) is 0.598. The molecular formula is C14H21N5S. The lowest BCUT2D eigenvalue weighted by Gasteiger charge is -2.12. The summed E-state index contributed by atoms with van der Waals surface area (Å²) in [7, 11) is 2.03. The predicted octanol–water partition coefficient (Wildman–Crippen LogP) is 2.53. The molecule has 1 heterocycles. The van der Waals surface area contributed by atoms with Gasteiger partial charge in [-0.05, 0) is 48.9 Å². The van der Waals surface area contributed by atoms with E-state index in [9.17, 15) is 0 Å². The van der Waals surface area contributed by atoms with Crippen LogP contribution >= 0.6 is 11.8 Å². The van der Waals surface area contributed by atoms with Crippen molar-refractivity contribution in [2.45, 2.75) is 37.4 Å². The maximum atomic E-state index is 4.10. The fourth-order valence-electron chi connectivity index (χ4n) is 2.05. The molecule has 0 spiro atoms. The Labute approximate surface area is 124 Å². The van der Waals surface area contributed by atoms with Crippen molar-refractivity contribution in [1.29, 1.82) is 0 Å². The van der Waals surface area contributed by atoms with Gasteiger partial charge in [0.05, 0.1) is 5.69 Å². The van der Waals surface area contributed by atoms with Gasteiger partial charge in [-0.3, -0.25) is 0 Å². The molecule has 0 radical (unpaired) electrons. The van der Waals surface area contributed by atoms with Gasteiger partial charge < -0.3 is 5.32 Å². The maximum Gasteiger partial charge on any atom is 0.214 e. The Hall–Kier alpha value is -1.40. The minimum Gasteiger partial charge on any atom is -0.317 e. The lowest BCUT2D eigenvalue weighted by atomic mass is 10.1. The van der Waals surface area contributed by atoms with Crippen molar-refractivity contribution in [1.82, 2.24) is 25.5 Å². The first-order valence-corrected chi connectivity index (χ1v) is 7.97. The number of para-hydroxylation sites is 1. The summed E-state index contributed by atoms with van der Waals surface area (Å²) in [4.78, 5) is 0. The smallest absolute Gasteiger partial charge is 0.214 e. The van der Waals surface area contributed by atoms with Crippen LogP contribution in [0.4, 0.5) is 0 Å². The molecule has 1 N–H and O–H groups in total. The summed E-state index contributed by atoms with van der Waals surface area (Å²) in [6, 6.07) is 10.6. The summed E-state index contributed by atoms with van der Waals surface area (Å²) in [5.74, 6) is 1.03. The normalized spacial score (nSPS) is 12.5. The van der Waals surface area contributed by atoms with Crippen LogP contribution in [0.3, 0.4) is 0 Å². The van der Waals surface area contributed by atoms with Crippen molar-refractivity contribution >= 4 is 11.8 Å². The Morgan fingerprint density at radius 2 is 2.10 bits per heavy atom. The minimum atomic E-state index is 0.612. The Bertz CT molecular complexity index is 495. The minimum absolute atomic E-state index is 0.612. The summed E-state index contributed by atoms with van der Waals surface area (Å²) >= 11 is 1.71. The number of tetrazole rings is 1. The fraction of sp³-hybridized carbons (Fsp3) is 0.500. The van der Waals surface area contributed by atoms with E-state index in [2.05, 4.69) is 27.8 Å². The molecule has 2 rings (SSSR count). The largest absolute Gasteiger partial charge is 0.317 e. The molecule has 0 aliphatic rings. The van der Waals surface area contributed by atoms with Gasteiger partial charge in [0, 0.05) is 11.8 Å². The number of aromatic nitrogens is 4. The van der Waals surface area contributed by atoms with Gasteiger partial charge in [0.15, 0.2) is 0 Å². The third-order valence-electron chi connectivity index (χ3n) is 3.27. The molecule has 108 valence electrons. The zero-order valence-electron chi connectivity index (χ0n) is 12.0. The van der Waals surface area contributed by atoms with Crippen LogP contribution in [0.5, 0.6) is 0 Å². The summed E-state index contributed by atoms with van der Waals surface area (Å²) < 4.78 is 1.79. The van der Waals surface area contributed by atoms with Crippen LogP contribution in [0.25, 0.3) is 5.69 Å². The second kappa shape index (κ2) is 8.01. The van der Waals surface area contributed by atoms with Gasteiger partial charge in [-0.15, -0.1) is 5.10 Å². The average molecular weight is 291 g/mol. The molecule has 1 aromatic heterocycles. The van der Waals surface area contributed by atoms with E-state index in [-0.39, 0.29) is 0 Å². The standard InChI is InChI=1S/C14H21N5S/c1-3-12(15-2)8-7-11-20-14-16-17-18-19(14)13-9-5-4-6-10-13/h4-6,9-10,12,15H,3,7-8,11H2,1-2H3. The van der Waals surface area contributed by atoms with Crippen LogP contribution in [-0.4, -0.2) is 39.0 Å². The maximum absolute atomic E-state index is 4.10. The van der Waals surface area contributed by atoms with E-state index >= 15 is 0 Å². The van der Waals surface area contributed by atoms with Gasteiger partial charge in [-0.1, -0.05) is 36.9 Å². The van der Waals surface area contributed by atoms with Crippen LogP contribution in [-0.2, 0) is 0 Å². The molecule has 0 amide bonds. The van der Waals surface area contributed by atoms with Gasteiger partial charge in [0.1, 0.15) is 0 Å². The molecule has 2 aromatic rings. The van der Waals surface area contributed by atoms with Crippen molar-refractivity contribution in [3.63, 3.8) is 0 Å². The van der Waals surface area contributed by atoms with E-state index in [0.717, 1.165) is 23.0 Å². The summed E-state index contributed by atoms with van der Waals surface area (Å²) in [6.07, 6.45) is 3.52. The number of rotatable bonds is 8. The van der Waals surface area contributed by atoms with Crippen molar-refractivity contribution in [3.8, 4) is 5.69 Å². The van der Waals surface area contributed by atoms with Gasteiger partial charge >= 0.3 is 0 Å². The van der Waals surface area contributed by atoms with Gasteiger partial charge in [0.2, 0.25) is 5.16 Å². The molecule has 6 heteroatoms. The molecule has 0 bridgehead atoms. The summed E-state index contributed by atoms with van der Waals surface area (Å²) in [5.41, 5.74) is 1.00. The van der Waals surface area contributed by atoms with Gasteiger partial charge in [0.25, 0.3) is 0 Å². The topological polar surface area (TPSA) is 55.6 Å². The first kappa shape index (κ1) is 15.0. The Kier molecular flexibility index (Phi) is 6.01. The first-order valence-electron chi connectivity index (χ1n) is 6.99. The van der Waals surface area contributed by atoms with Crippen LogP contribution in [0, 0.1) is 0 Å².